The van der Waals surface area contributed by atoms with Crippen molar-refractivity contribution in [1.82, 2.24) is 0 Å². The first-order valence-electron chi connectivity index (χ1n) is 6.47. The van der Waals surface area contributed by atoms with Crippen molar-refractivity contribution in [2.24, 2.45) is 0 Å². The first-order chi connectivity index (χ1) is 11.6. The summed E-state index contributed by atoms with van der Waals surface area (Å²) in [4.78, 5) is 5.90. The maximum Gasteiger partial charge on any atom is 0.292 e. The minimum atomic E-state index is -2.33. The number of ether oxygens (including phenoxy) is 1. The molecule has 9 heteroatoms. The van der Waals surface area contributed by atoms with Gasteiger partial charge in [-0.1, -0.05) is 0 Å². The summed E-state index contributed by atoms with van der Waals surface area (Å²) < 4.78 is 73.8. The molecule has 1 aliphatic heterocycles. The fourth-order valence-corrected chi connectivity index (χ4v) is 2.41. The van der Waals surface area contributed by atoms with E-state index in [4.69, 9.17) is 23.1 Å². The highest BCUT2D eigenvalue weighted by Crippen LogP contribution is 2.49. The molecule has 2 rings (SSSR count). The monoisotopic (exact) mass is 351 g/mol. The summed E-state index contributed by atoms with van der Waals surface area (Å²) in [5, 5.41) is 8.92. The van der Waals surface area contributed by atoms with Crippen LogP contribution in [0, 0.1) is 53.6 Å². The maximum absolute atomic E-state index is 14.2. The molecule has 0 saturated carbocycles. The third-order valence-corrected chi connectivity index (χ3v) is 3.82. The number of hydrogen-bond acceptors (Lipinski definition) is 2. The van der Waals surface area contributed by atoms with E-state index in [-0.39, 0.29) is 5.57 Å². The average Bonchev–Trinajstić information content (AvgIpc) is 2.84. The van der Waals surface area contributed by atoms with Crippen LogP contribution in [-0.2, 0) is 10.3 Å². The van der Waals surface area contributed by atoms with Crippen molar-refractivity contribution in [3.8, 4) is 6.07 Å². The Bertz CT molecular complexity index is 946. The first-order valence-corrected chi connectivity index (χ1v) is 6.47. The van der Waals surface area contributed by atoms with E-state index in [1.165, 1.54) is 13.0 Å². The summed E-state index contributed by atoms with van der Waals surface area (Å²) in [6.45, 7) is 16.2. The first kappa shape index (κ1) is 18.0. The molecule has 0 radical (unpaired) electrons. The molecule has 1 atom stereocenters. The van der Waals surface area contributed by atoms with Crippen LogP contribution in [0.25, 0.3) is 9.69 Å². The number of hydrogen-bond donors (Lipinski definition) is 0. The molecule has 0 N–H and O–H groups in total. The van der Waals surface area contributed by atoms with E-state index in [9.17, 15) is 22.0 Å². The second-order valence-electron chi connectivity index (χ2n) is 5.07. The third-order valence-electron chi connectivity index (χ3n) is 3.82. The molecular weight excluding hydrogens is 345 g/mol. The summed E-state index contributed by atoms with van der Waals surface area (Å²) in [5.74, 6) is -11.5. The fraction of sp³-hybridized carbons (Fsp3) is 0.188. The maximum atomic E-state index is 14.2. The minimum absolute atomic E-state index is 0.197. The van der Waals surface area contributed by atoms with Crippen molar-refractivity contribution in [1.29, 1.82) is 5.26 Å². The van der Waals surface area contributed by atoms with Crippen molar-refractivity contribution in [3.05, 3.63) is 80.2 Å². The molecule has 25 heavy (non-hydrogen) atoms. The zero-order valence-electron chi connectivity index (χ0n) is 12.6. The number of nitriles is 1. The Labute approximate surface area is 138 Å². The lowest BCUT2D eigenvalue weighted by atomic mass is 9.87. The van der Waals surface area contributed by atoms with Gasteiger partial charge in [-0.3, -0.25) is 0 Å². The van der Waals surface area contributed by atoms with E-state index in [1.54, 1.807) is 0 Å². The summed E-state index contributed by atoms with van der Waals surface area (Å²) in [6, 6.07) is 1.46. The lowest BCUT2D eigenvalue weighted by molar-refractivity contribution is 0.0631. The molecule has 1 aromatic rings. The zero-order chi connectivity index (χ0) is 19.1. The van der Waals surface area contributed by atoms with Crippen LogP contribution in [0.15, 0.2) is 22.7 Å². The van der Waals surface area contributed by atoms with E-state index >= 15 is 0 Å². The van der Waals surface area contributed by atoms with Gasteiger partial charge in [0.25, 0.3) is 5.70 Å². The van der Waals surface area contributed by atoms with Gasteiger partial charge in [-0.2, -0.15) is 0 Å². The molecule has 1 unspecified atom stereocenters. The highest BCUT2D eigenvalue weighted by molar-refractivity contribution is 5.54. The van der Waals surface area contributed by atoms with Crippen molar-refractivity contribution < 1.29 is 26.7 Å². The molecule has 1 aromatic carbocycles. The molecule has 0 aromatic heterocycles. The van der Waals surface area contributed by atoms with E-state index in [0.29, 0.717) is 0 Å². The zero-order valence-corrected chi connectivity index (χ0v) is 12.6. The molecule has 0 amide bonds. The topological polar surface area (TPSA) is 41.7 Å². The summed E-state index contributed by atoms with van der Waals surface area (Å²) in [6.07, 6.45) is 0. The molecule has 0 fully saturated rings. The fourth-order valence-electron chi connectivity index (χ4n) is 2.41. The van der Waals surface area contributed by atoms with Gasteiger partial charge in [-0.15, -0.1) is 0 Å². The van der Waals surface area contributed by atoms with Crippen LogP contribution in [0.4, 0.5) is 22.0 Å². The molecule has 0 bridgehead atoms. The number of nitrogens with zero attached hydrogens (tertiary/aromatic N) is 3. The number of benzene rings is 1. The van der Waals surface area contributed by atoms with Gasteiger partial charge in [-0.25, -0.2) is 36.9 Å². The van der Waals surface area contributed by atoms with Gasteiger partial charge in [-0.05, 0) is 19.4 Å². The van der Waals surface area contributed by atoms with Gasteiger partial charge < -0.3 is 4.74 Å². The van der Waals surface area contributed by atoms with E-state index < -0.39 is 57.4 Å². The molecule has 4 nitrogen and oxygen atoms in total. The molecule has 126 valence electrons. The predicted molar refractivity (Wildman–Crippen MR) is 73.2 cm³/mol. The van der Waals surface area contributed by atoms with Gasteiger partial charge in [0, 0.05) is 0 Å². The minimum Gasteiger partial charge on any atom is -0.501 e. The van der Waals surface area contributed by atoms with Gasteiger partial charge in [0.1, 0.15) is 11.4 Å². The van der Waals surface area contributed by atoms with Crippen LogP contribution >= 0.6 is 0 Å². The van der Waals surface area contributed by atoms with Crippen LogP contribution in [0.1, 0.15) is 19.4 Å². The smallest absolute Gasteiger partial charge is 0.292 e. The van der Waals surface area contributed by atoms with Gasteiger partial charge in [0.2, 0.25) is 11.5 Å². The van der Waals surface area contributed by atoms with E-state index in [2.05, 4.69) is 9.69 Å². The standard InChI is InChI=1S/C16H6F5N3O/c1-6-14(24-4)15(7(5-22)23-3)25-16(6,2)8-9(17)11(19)13(21)12(20)10(8)18/h1-2H3/b15-7+. The molecule has 1 heterocycles. The van der Waals surface area contributed by atoms with Crippen molar-refractivity contribution in [2.75, 3.05) is 0 Å². The highest BCUT2D eigenvalue weighted by Gasteiger charge is 2.47. The number of rotatable bonds is 1. The summed E-state index contributed by atoms with van der Waals surface area (Å²) >= 11 is 0. The third kappa shape index (κ3) is 2.31. The van der Waals surface area contributed by atoms with E-state index in [1.807, 2.05) is 0 Å². The lowest BCUT2D eigenvalue weighted by Crippen LogP contribution is -2.28. The Morgan fingerprint density at radius 1 is 1.04 bits per heavy atom. The normalized spacial score (nSPS) is 21.3. The average molecular weight is 351 g/mol. The van der Waals surface area contributed by atoms with Crippen molar-refractivity contribution in [3.63, 3.8) is 0 Å². The van der Waals surface area contributed by atoms with Crippen molar-refractivity contribution in [2.45, 2.75) is 19.4 Å². The molecule has 1 aliphatic rings. The van der Waals surface area contributed by atoms with Crippen LogP contribution in [0.2, 0.25) is 0 Å². The molecule has 0 saturated heterocycles. The lowest BCUT2D eigenvalue weighted by Gasteiger charge is -2.29. The largest absolute Gasteiger partial charge is 0.501 e. The van der Waals surface area contributed by atoms with Gasteiger partial charge in [0.15, 0.2) is 23.3 Å². The van der Waals surface area contributed by atoms with Crippen LogP contribution in [0.3, 0.4) is 0 Å². The Morgan fingerprint density at radius 2 is 1.52 bits per heavy atom. The highest BCUT2D eigenvalue weighted by atomic mass is 19.2. The second kappa shape index (κ2) is 5.92. The number of halogens is 5. The SMILES string of the molecule is [C-]#[N+]C1=C(C)C(C)(c2c(F)c(F)c(F)c(F)c2F)O/C1=C(\C#N)[N+]#[C-]. The number of allylic oxidation sites excluding steroid dienone is 1. The quantitative estimate of drug-likeness (QED) is 0.246. The second-order valence-corrected chi connectivity index (χ2v) is 5.07. The molecular formula is C16H6F5N3O. The van der Waals surface area contributed by atoms with Crippen LogP contribution in [0.5, 0.6) is 0 Å². The van der Waals surface area contributed by atoms with Crippen molar-refractivity contribution >= 4 is 0 Å². The molecule has 0 spiro atoms. The van der Waals surface area contributed by atoms with Gasteiger partial charge in [0.05, 0.1) is 24.8 Å². The molecule has 0 aliphatic carbocycles. The Hall–Kier alpha value is -3.38. The Kier molecular flexibility index (Phi) is 4.25. The van der Waals surface area contributed by atoms with E-state index in [0.717, 1.165) is 6.92 Å². The van der Waals surface area contributed by atoms with Crippen LogP contribution in [-0.4, -0.2) is 0 Å². The Balaban J connectivity index is 2.91. The Morgan fingerprint density at radius 3 is 1.92 bits per heavy atom. The van der Waals surface area contributed by atoms with Crippen LogP contribution < -0.4 is 0 Å². The predicted octanol–water partition coefficient (Wildman–Crippen LogP) is 4.48. The van der Waals surface area contributed by atoms with Gasteiger partial charge >= 0.3 is 0 Å². The summed E-state index contributed by atoms with van der Waals surface area (Å²) in [7, 11) is 0. The summed E-state index contributed by atoms with van der Waals surface area (Å²) in [5.41, 5.74) is -4.85.